The zero-order chi connectivity index (χ0) is 20.5. The lowest BCUT2D eigenvalue weighted by Crippen LogP contribution is -2.57. The summed E-state index contributed by atoms with van der Waals surface area (Å²) >= 11 is 0. The molecular weight excluding hydrogens is 369 g/mol. The molecule has 0 saturated carbocycles. The number of nitrogens with one attached hydrogen (secondary N) is 2. The molecule has 156 valence electrons. The van der Waals surface area contributed by atoms with Crippen LogP contribution >= 0.6 is 0 Å². The topological polar surface area (TPSA) is 62.2 Å². The van der Waals surface area contributed by atoms with Crippen LogP contribution in [-0.2, 0) is 7.05 Å². The normalized spacial score (nSPS) is 26.0. The van der Waals surface area contributed by atoms with E-state index < -0.39 is 0 Å². The number of piperidine rings is 3. The highest BCUT2D eigenvalue weighted by atomic mass is 19.1. The van der Waals surface area contributed by atoms with Gasteiger partial charge in [-0.1, -0.05) is 0 Å². The summed E-state index contributed by atoms with van der Waals surface area (Å²) in [6.45, 7) is 6.69. The van der Waals surface area contributed by atoms with E-state index in [1.165, 1.54) is 24.2 Å². The van der Waals surface area contributed by atoms with E-state index >= 15 is 0 Å². The number of urea groups is 1. The molecule has 29 heavy (non-hydrogen) atoms. The molecule has 4 atom stereocenters. The number of nitrogens with zero attached hydrogens (tertiary/aromatic N) is 3. The largest absolute Gasteiger partial charge is 0.337 e. The summed E-state index contributed by atoms with van der Waals surface area (Å²) in [5, 5.41) is 10.6. The Labute approximate surface area is 171 Å². The standard InChI is InChI=1S/C22H30FN5O/c1-14(2)25-22(29)24-12-18-10-16-8-9-28(18)13-19(16)21-11-20(26-27(21)3)15-4-6-17(23)7-5-15/h4-7,11,14,16,18-19H,8-10,12-13H2,1-3H3,(H2,24,25,29)/t16-,18+,19-/m0/s1. The lowest BCUT2D eigenvalue weighted by atomic mass is 9.74. The van der Waals surface area contributed by atoms with Crippen molar-refractivity contribution in [1.82, 2.24) is 25.3 Å². The molecule has 0 spiro atoms. The number of fused-ring (bicyclic) bond motifs is 3. The van der Waals surface area contributed by atoms with Crippen LogP contribution in [0.25, 0.3) is 11.3 Å². The first-order valence-electron chi connectivity index (χ1n) is 10.5. The number of rotatable bonds is 5. The molecule has 2 aromatic rings. The number of amides is 2. The quantitative estimate of drug-likeness (QED) is 0.812. The van der Waals surface area contributed by atoms with E-state index in [9.17, 15) is 9.18 Å². The minimum Gasteiger partial charge on any atom is -0.337 e. The molecule has 6 nitrogen and oxygen atoms in total. The van der Waals surface area contributed by atoms with E-state index in [-0.39, 0.29) is 17.9 Å². The van der Waals surface area contributed by atoms with Crippen LogP contribution in [0, 0.1) is 11.7 Å². The van der Waals surface area contributed by atoms with Crippen LogP contribution < -0.4 is 10.6 Å². The molecule has 0 radical (unpaired) electrons. The third kappa shape index (κ3) is 4.29. The Balaban J connectivity index is 1.43. The third-order valence-electron chi connectivity index (χ3n) is 6.23. The van der Waals surface area contributed by atoms with Crippen molar-refractivity contribution in [3.63, 3.8) is 0 Å². The van der Waals surface area contributed by atoms with Crippen molar-refractivity contribution in [2.75, 3.05) is 19.6 Å². The van der Waals surface area contributed by atoms with Crippen molar-refractivity contribution in [2.45, 2.75) is 44.7 Å². The Kier molecular flexibility index (Phi) is 5.58. The summed E-state index contributed by atoms with van der Waals surface area (Å²) in [7, 11) is 2.00. The number of hydrogen-bond donors (Lipinski definition) is 2. The van der Waals surface area contributed by atoms with Crippen LogP contribution in [0.1, 0.15) is 38.3 Å². The van der Waals surface area contributed by atoms with Crippen molar-refractivity contribution >= 4 is 6.03 Å². The molecule has 0 aliphatic carbocycles. The van der Waals surface area contributed by atoms with Crippen molar-refractivity contribution in [2.24, 2.45) is 13.0 Å². The number of aryl methyl sites for hydroxylation is 1. The highest BCUT2D eigenvalue weighted by molar-refractivity contribution is 5.74. The van der Waals surface area contributed by atoms with Crippen LogP contribution in [-0.4, -0.2) is 52.4 Å². The highest BCUT2D eigenvalue weighted by Gasteiger charge is 2.41. The van der Waals surface area contributed by atoms with Gasteiger partial charge in [-0.2, -0.15) is 5.10 Å². The van der Waals surface area contributed by atoms with Gasteiger partial charge in [0.1, 0.15) is 5.82 Å². The van der Waals surface area contributed by atoms with E-state index in [0.717, 1.165) is 30.8 Å². The van der Waals surface area contributed by atoms with Crippen LogP contribution in [0.4, 0.5) is 9.18 Å². The zero-order valence-corrected chi connectivity index (χ0v) is 17.4. The lowest BCUT2D eigenvalue weighted by Gasteiger charge is -2.49. The molecule has 7 heteroatoms. The van der Waals surface area contributed by atoms with Crippen molar-refractivity contribution in [1.29, 1.82) is 0 Å². The lowest BCUT2D eigenvalue weighted by molar-refractivity contribution is 0.0294. The Morgan fingerprint density at radius 1 is 1.31 bits per heavy atom. The monoisotopic (exact) mass is 399 g/mol. The summed E-state index contributed by atoms with van der Waals surface area (Å²) in [5.41, 5.74) is 3.07. The first-order chi connectivity index (χ1) is 13.9. The van der Waals surface area contributed by atoms with Gasteiger partial charge in [-0.3, -0.25) is 9.58 Å². The number of hydrogen-bond acceptors (Lipinski definition) is 3. The van der Waals surface area contributed by atoms with Gasteiger partial charge in [-0.05, 0) is 69.5 Å². The van der Waals surface area contributed by atoms with Crippen LogP contribution in [0.3, 0.4) is 0 Å². The highest BCUT2D eigenvalue weighted by Crippen LogP contribution is 2.42. The van der Waals surface area contributed by atoms with Gasteiger partial charge >= 0.3 is 6.03 Å². The third-order valence-corrected chi connectivity index (χ3v) is 6.23. The average Bonchev–Trinajstić information content (AvgIpc) is 3.08. The molecule has 2 N–H and O–H groups in total. The SMILES string of the molecule is CC(C)NC(=O)NC[C@H]1C[C@@H]2CCN1C[C@@H]2c1cc(-c2ccc(F)cc2)nn1C. The summed E-state index contributed by atoms with van der Waals surface area (Å²) in [6.07, 6.45) is 2.26. The molecule has 1 aromatic heterocycles. The Morgan fingerprint density at radius 3 is 2.72 bits per heavy atom. The molecule has 3 aliphatic rings. The van der Waals surface area contributed by atoms with Crippen LogP contribution in [0.5, 0.6) is 0 Å². The predicted molar refractivity (Wildman–Crippen MR) is 111 cm³/mol. The zero-order valence-electron chi connectivity index (χ0n) is 17.4. The number of carbonyl (C=O) groups is 1. The van der Waals surface area contributed by atoms with Gasteiger partial charge in [0.25, 0.3) is 0 Å². The maximum Gasteiger partial charge on any atom is 0.315 e. The second-order valence-corrected chi connectivity index (χ2v) is 8.63. The Hall–Kier alpha value is -2.41. The fraction of sp³-hybridized carbons (Fsp3) is 0.545. The Morgan fingerprint density at radius 2 is 2.07 bits per heavy atom. The maximum atomic E-state index is 13.2. The summed E-state index contributed by atoms with van der Waals surface area (Å²) in [4.78, 5) is 14.4. The van der Waals surface area contributed by atoms with Crippen LogP contribution in [0.15, 0.2) is 30.3 Å². The Bertz CT molecular complexity index is 863. The number of aromatic nitrogens is 2. The molecule has 3 aliphatic heterocycles. The van der Waals surface area contributed by atoms with Crippen molar-refractivity contribution < 1.29 is 9.18 Å². The predicted octanol–water partition coefficient (Wildman–Crippen LogP) is 3.11. The molecule has 3 fully saturated rings. The van der Waals surface area contributed by atoms with E-state index in [4.69, 9.17) is 0 Å². The van der Waals surface area contributed by atoms with Crippen molar-refractivity contribution in [3.8, 4) is 11.3 Å². The number of carbonyl (C=O) groups excluding carboxylic acids is 1. The molecule has 2 amide bonds. The van der Waals surface area contributed by atoms with Gasteiger partial charge in [0, 0.05) is 49.4 Å². The summed E-state index contributed by atoms with van der Waals surface area (Å²) in [6, 6.07) is 9.12. The summed E-state index contributed by atoms with van der Waals surface area (Å²) in [5.74, 6) is 0.802. The van der Waals surface area contributed by atoms with Gasteiger partial charge < -0.3 is 10.6 Å². The minimum absolute atomic E-state index is 0.0882. The second kappa shape index (κ2) is 8.14. The van der Waals surface area contributed by atoms with Gasteiger partial charge in [0.05, 0.1) is 5.69 Å². The molecule has 1 aromatic carbocycles. The molecule has 3 saturated heterocycles. The molecule has 5 rings (SSSR count). The molecule has 4 heterocycles. The van der Waals surface area contributed by atoms with E-state index in [2.05, 4.69) is 26.7 Å². The van der Waals surface area contributed by atoms with E-state index in [1.807, 2.05) is 25.6 Å². The minimum atomic E-state index is -0.232. The first kappa shape index (κ1) is 19.9. The van der Waals surface area contributed by atoms with Gasteiger partial charge in [0.15, 0.2) is 0 Å². The van der Waals surface area contributed by atoms with Gasteiger partial charge in [0.2, 0.25) is 0 Å². The fourth-order valence-corrected chi connectivity index (χ4v) is 4.80. The molecule has 2 bridgehead atoms. The average molecular weight is 400 g/mol. The molecular formula is C22H30FN5O. The maximum absolute atomic E-state index is 13.2. The van der Waals surface area contributed by atoms with Gasteiger partial charge in [-0.15, -0.1) is 0 Å². The van der Waals surface area contributed by atoms with E-state index in [1.54, 1.807) is 12.1 Å². The van der Waals surface area contributed by atoms with Gasteiger partial charge in [-0.25, -0.2) is 9.18 Å². The number of halogens is 1. The first-order valence-corrected chi connectivity index (χ1v) is 10.5. The number of benzene rings is 1. The van der Waals surface area contributed by atoms with E-state index in [0.29, 0.717) is 24.4 Å². The summed E-state index contributed by atoms with van der Waals surface area (Å²) < 4.78 is 15.2. The van der Waals surface area contributed by atoms with Crippen molar-refractivity contribution in [3.05, 3.63) is 41.8 Å². The second-order valence-electron chi connectivity index (χ2n) is 8.63. The smallest absolute Gasteiger partial charge is 0.315 e. The van der Waals surface area contributed by atoms with Crippen LogP contribution in [0.2, 0.25) is 0 Å². The fourth-order valence-electron chi connectivity index (χ4n) is 4.80. The molecule has 1 unspecified atom stereocenters.